The summed E-state index contributed by atoms with van der Waals surface area (Å²) in [5, 5.41) is 5.88. The number of aromatic nitrogens is 1. The van der Waals surface area contributed by atoms with Crippen molar-refractivity contribution in [1.29, 1.82) is 0 Å². The van der Waals surface area contributed by atoms with Crippen LogP contribution in [0.4, 0.5) is 0 Å². The summed E-state index contributed by atoms with van der Waals surface area (Å²) in [4.78, 5) is 4.98. The van der Waals surface area contributed by atoms with Gasteiger partial charge in [0, 0.05) is 32.8 Å². The Kier molecular flexibility index (Phi) is 6.44. The number of fused-ring (bicyclic) bond motifs is 2. The van der Waals surface area contributed by atoms with E-state index in [1.165, 1.54) is 21.7 Å². The minimum atomic E-state index is 0.477. The van der Waals surface area contributed by atoms with Gasteiger partial charge in [0.25, 0.3) is 0 Å². The number of allylic oxidation sites excluding steroid dienone is 5. The van der Waals surface area contributed by atoms with E-state index in [1.807, 2.05) is 37.3 Å². The van der Waals surface area contributed by atoms with Gasteiger partial charge in [-0.1, -0.05) is 85.0 Å². The van der Waals surface area contributed by atoms with Gasteiger partial charge in [-0.2, -0.15) is 0 Å². The van der Waals surface area contributed by atoms with Gasteiger partial charge in [0.15, 0.2) is 0 Å². The Morgan fingerprint density at radius 3 is 2.48 bits per heavy atom. The quantitative estimate of drug-likeness (QED) is 0.0938. The predicted molar refractivity (Wildman–Crippen MR) is 178 cm³/mol. The third-order valence-corrected chi connectivity index (χ3v) is 7.99. The average Bonchev–Trinajstić information content (AvgIpc) is 3.64. The number of hydrogen-bond acceptors (Lipinski definition) is 2. The van der Waals surface area contributed by atoms with Gasteiger partial charge in [0.2, 0.25) is 0 Å². The van der Waals surface area contributed by atoms with Gasteiger partial charge in [0.05, 0.1) is 23.0 Å². The molecule has 0 aliphatic rings. The molecule has 2 heterocycles. The number of nitrogens with two attached hydrogens (primary N) is 1. The zero-order valence-corrected chi connectivity index (χ0v) is 23.7. The van der Waals surface area contributed by atoms with Crippen molar-refractivity contribution < 1.29 is 4.42 Å². The van der Waals surface area contributed by atoms with E-state index in [0.717, 1.165) is 56.3 Å². The Bertz CT molecular complexity index is 2190. The number of aliphatic imine (C=N–C) groups is 1. The predicted octanol–water partition coefficient (Wildman–Crippen LogP) is 9.78. The summed E-state index contributed by atoms with van der Waals surface area (Å²) in [5.41, 5.74) is 15.0. The molecule has 7 aromatic rings. The Morgan fingerprint density at radius 2 is 1.64 bits per heavy atom. The lowest BCUT2D eigenvalue weighted by molar-refractivity contribution is 0.619. The second kappa shape index (κ2) is 10.6. The second-order valence-electron chi connectivity index (χ2n) is 10.5. The summed E-state index contributed by atoms with van der Waals surface area (Å²) in [6.45, 7) is 4.09. The first kappa shape index (κ1) is 25.6. The summed E-state index contributed by atoms with van der Waals surface area (Å²) in [6.07, 6.45) is 11.0. The highest BCUT2D eigenvalue weighted by molar-refractivity contribution is 6.29. The zero-order valence-electron chi connectivity index (χ0n) is 23.7. The fourth-order valence-electron chi connectivity index (χ4n) is 6.00. The number of benzene rings is 5. The third-order valence-electron chi connectivity index (χ3n) is 7.99. The van der Waals surface area contributed by atoms with E-state index in [-0.39, 0.29) is 0 Å². The minimum Gasteiger partial charge on any atom is -0.464 e. The second-order valence-corrected chi connectivity index (χ2v) is 10.5. The maximum absolute atomic E-state index is 6.75. The van der Waals surface area contributed by atoms with Crippen LogP contribution in [0.1, 0.15) is 31.4 Å². The molecule has 0 fully saturated rings. The highest BCUT2D eigenvalue weighted by Gasteiger charge is 2.19. The first-order valence-electron chi connectivity index (χ1n) is 14.3. The summed E-state index contributed by atoms with van der Waals surface area (Å²) >= 11 is 0. The maximum atomic E-state index is 6.75. The minimum absolute atomic E-state index is 0.477. The molecule has 7 rings (SSSR count). The van der Waals surface area contributed by atoms with Crippen LogP contribution in [0.2, 0.25) is 0 Å². The van der Waals surface area contributed by atoms with Crippen LogP contribution in [-0.2, 0) is 0 Å². The molecule has 0 aliphatic carbocycles. The van der Waals surface area contributed by atoms with Crippen molar-refractivity contribution in [2.45, 2.75) is 20.3 Å². The largest absolute Gasteiger partial charge is 0.464 e. The Morgan fingerprint density at radius 1 is 0.810 bits per heavy atom. The smallest absolute Gasteiger partial charge is 0.141 e. The van der Waals surface area contributed by atoms with E-state index in [1.54, 1.807) is 6.26 Å². The molecule has 2 aromatic heterocycles. The molecule has 4 heteroatoms. The molecule has 0 bridgehead atoms. The standard InChI is InChI=1S/C38H31N3O/c1-3-10-25(4-2)17-20-32(26-11-6-5-7-12-26)40-38(39)29-14-8-15-30(23-29)41-33-16-9-13-27-18-19-31-36(35(27)33)34(41)24-28-21-22-42-37(28)31/h3-16,18-24H,17H2,1-2H3,(H2,39,40)/b10-3-,25-4+,32-20-. The Hall–Kier alpha value is -5.35. The monoisotopic (exact) mass is 545 g/mol. The zero-order chi connectivity index (χ0) is 28.6. The van der Waals surface area contributed by atoms with Crippen LogP contribution in [0.5, 0.6) is 0 Å². The number of nitrogens with zero attached hydrogens (tertiary/aromatic N) is 2. The van der Waals surface area contributed by atoms with Gasteiger partial charge >= 0.3 is 0 Å². The fourth-order valence-corrected chi connectivity index (χ4v) is 6.00. The number of furan rings is 1. The molecule has 0 aliphatic heterocycles. The van der Waals surface area contributed by atoms with Gasteiger partial charge in [-0.3, -0.25) is 0 Å². The molecule has 0 saturated heterocycles. The summed E-state index contributed by atoms with van der Waals surface area (Å²) in [5.74, 6) is 0.477. The average molecular weight is 546 g/mol. The molecule has 42 heavy (non-hydrogen) atoms. The molecule has 2 N–H and O–H groups in total. The van der Waals surface area contributed by atoms with Crippen molar-refractivity contribution in [3.05, 3.63) is 144 Å². The maximum Gasteiger partial charge on any atom is 0.141 e. The SMILES string of the molecule is C/C=C\C(=C/C)C/C=C(\N=C(N)c1cccc(-n2c3cccc4ccc5c6occc6cc2c5c43)c1)c1ccccc1. The van der Waals surface area contributed by atoms with Crippen molar-refractivity contribution in [1.82, 2.24) is 4.57 Å². The highest BCUT2D eigenvalue weighted by Crippen LogP contribution is 2.42. The van der Waals surface area contributed by atoms with E-state index in [4.69, 9.17) is 15.1 Å². The first-order chi connectivity index (χ1) is 20.7. The van der Waals surface area contributed by atoms with E-state index in [0.29, 0.717) is 5.84 Å². The van der Waals surface area contributed by atoms with Gasteiger partial charge < -0.3 is 14.7 Å². The van der Waals surface area contributed by atoms with Crippen LogP contribution in [0.25, 0.3) is 54.9 Å². The van der Waals surface area contributed by atoms with Crippen molar-refractivity contribution in [2.24, 2.45) is 10.7 Å². The van der Waals surface area contributed by atoms with Crippen molar-refractivity contribution in [3.8, 4) is 5.69 Å². The topological polar surface area (TPSA) is 56.4 Å². The fraction of sp³-hybridized carbons (Fsp3) is 0.0789. The van der Waals surface area contributed by atoms with Gasteiger partial charge in [-0.25, -0.2) is 4.99 Å². The summed E-state index contributed by atoms with van der Waals surface area (Å²) in [7, 11) is 0. The molecule has 5 aromatic carbocycles. The van der Waals surface area contributed by atoms with Crippen molar-refractivity contribution in [2.75, 3.05) is 0 Å². The molecular weight excluding hydrogens is 514 g/mol. The molecule has 4 nitrogen and oxygen atoms in total. The van der Waals surface area contributed by atoms with Crippen LogP contribution in [0.15, 0.2) is 143 Å². The third kappa shape index (κ3) is 4.29. The molecular formula is C38H31N3O. The van der Waals surface area contributed by atoms with Crippen LogP contribution in [-0.4, -0.2) is 10.4 Å². The lowest BCUT2D eigenvalue weighted by atomic mass is 10.0. The number of hydrogen-bond donors (Lipinski definition) is 1. The van der Waals surface area contributed by atoms with E-state index >= 15 is 0 Å². The summed E-state index contributed by atoms with van der Waals surface area (Å²) < 4.78 is 8.25. The molecule has 0 unspecified atom stereocenters. The lowest BCUT2D eigenvalue weighted by Gasteiger charge is -2.11. The Balaban J connectivity index is 1.38. The number of rotatable bonds is 7. The van der Waals surface area contributed by atoms with Crippen LogP contribution in [0.3, 0.4) is 0 Å². The highest BCUT2D eigenvalue weighted by atomic mass is 16.3. The van der Waals surface area contributed by atoms with Gasteiger partial charge in [-0.15, -0.1) is 0 Å². The molecule has 0 saturated carbocycles. The van der Waals surface area contributed by atoms with E-state index < -0.39 is 0 Å². The van der Waals surface area contributed by atoms with Gasteiger partial charge in [-0.05, 0) is 73.2 Å². The summed E-state index contributed by atoms with van der Waals surface area (Å²) in [6, 6.07) is 33.7. The van der Waals surface area contributed by atoms with Crippen LogP contribution in [0, 0.1) is 0 Å². The lowest BCUT2D eigenvalue weighted by Crippen LogP contribution is -2.14. The molecule has 0 atom stereocenters. The number of amidine groups is 1. The Labute approximate surface area is 244 Å². The van der Waals surface area contributed by atoms with Crippen LogP contribution < -0.4 is 5.73 Å². The molecule has 0 spiro atoms. The normalized spacial score (nSPS) is 13.5. The molecule has 0 radical (unpaired) electrons. The van der Waals surface area contributed by atoms with E-state index in [9.17, 15) is 0 Å². The van der Waals surface area contributed by atoms with Gasteiger partial charge in [0.1, 0.15) is 11.4 Å². The van der Waals surface area contributed by atoms with E-state index in [2.05, 4.69) is 103 Å². The molecule has 0 amide bonds. The first-order valence-corrected chi connectivity index (χ1v) is 14.3. The van der Waals surface area contributed by atoms with Crippen molar-refractivity contribution >= 4 is 55.1 Å². The van der Waals surface area contributed by atoms with Crippen molar-refractivity contribution in [3.63, 3.8) is 0 Å². The van der Waals surface area contributed by atoms with Crippen LogP contribution >= 0.6 is 0 Å². The molecule has 204 valence electrons.